The summed E-state index contributed by atoms with van der Waals surface area (Å²) in [6.45, 7) is 0.0932. The molecule has 1 unspecified atom stereocenters. The van der Waals surface area contributed by atoms with Gasteiger partial charge in [0.05, 0.1) is 5.69 Å². The molecule has 82 valence electrons. The molecule has 0 bridgehead atoms. The number of aromatic hydroxyl groups is 1. The lowest BCUT2D eigenvalue weighted by Crippen LogP contribution is -2.35. The first-order valence-corrected chi connectivity index (χ1v) is 4.50. The molecule has 1 rings (SSSR count). The zero-order valence-electron chi connectivity index (χ0n) is 8.43. The molecule has 0 aromatic heterocycles. The van der Waals surface area contributed by atoms with Crippen LogP contribution < -0.4 is 11.1 Å². The molecule has 1 aromatic carbocycles. The minimum Gasteiger partial charge on any atom is -0.506 e. The summed E-state index contributed by atoms with van der Waals surface area (Å²) in [4.78, 5) is 11.5. The highest BCUT2D eigenvalue weighted by Gasteiger charge is 2.16. The van der Waals surface area contributed by atoms with Crippen LogP contribution in [0.25, 0.3) is 0 Å². The molecule has 0 aliphatic rings. The van der Waals surface area contributed by atoms with Crippen LogP contribution in [0.15, 0.2) is 24.3 Å². The Kier molecular flexibility index (Phi) is 4.08. The Morgan fingerprint density at radius 3 is 2.80 bits per heavy atom. The van der Waals surface area contributed by atoms with E-state index in [1.54, 1.807) is 18.2 Å². The molecule has 5 nitrogen and oxygen atoms in total. The van der Waals surface area contributed by atoms with Gasteiger partial charge in [0.1, 0.15) is 11.9 Å². The summed E-state index contributed by atoms with van der Waals surface area (Å²) in [5, 5.41) is 11.9. The highest BCUT2D eigenvalue weighted by Crippen LogP contribution is 2.21. The van der Waals surface area contributed by atoms with Crippen molar-refractivity contribution < 1.29 is 14.6 Å². The lowest BCUT2D eigenvalue weighted by Gasteiger charge is -2.13. The molecule has 0 aliphatic carbocycles. The molecule has 0 fully saturated rings. The number of phenolic OH excluding ortho intramolecular Hbond substituents is 1. The van der Waals surface area contributed by atoms with E-state index in [9.17, 15) is 9.90 Å². The van der Waals surface area contributed by atoms with Crippen LogP contribution in [-0.4, -0.2) is 30.8 Å². The largest absolute Gasteiger partial charge is 0.506 e. The standard InChI is InChI=1S/C10H14N2O3/c1-15-9(6-11)10(14)12-7-4-2-3-5-8(7)13/h2-5,9,13H,6,11H2,1H3,(H,12,14). The van der Waals surface area contributed by atoms with Crippen molar-refractivity contribution in [2.75, 3.05) is 19.0 Å². The fourth-order valence-corrected chi connectivity index (χ4v) is 1.10. The van der Waals surface area contributed by atoms with Crippen molar-refractivity contribution in [3.63, 3.8) is 0 Å². The zero-order valence-corrected chi connectivity index (χ0v) is 8.43. The molecular formula is C10H14N2O3. The number of amides is 1. The van der Waals surface area contributed by atoms with E-state index < -0.39 is 6.10 Å². The molecule has 0 spiro atoms. The third kappa shape index (κ3) is 2.93. The van der Waals surface area contributed by atoms with Gasteiger partial charge in [-0.3, -0.25) is 4.79 Å². The maximum absolute atomic E-state index is 11.5. The summed E-state index contributed by atoms with van der Waals surface area (Å²) in [7, 11) is 1.40. The molecule has 0 aliphatic heterocycles. The van der Waals surface area contributed by atoms with Gasteiger partial charge in [-0.2, -0.15) is 0 Å². The topological polar surface area (TPSA) is 84.6 Å². The van der Waals surface area contributed by atoms with Gasteiger partial charge in [0.25, 0.3) is 5.91 Å². The van der Waals surface area contributed by atoms with Crippen LogP contribution in [0.3, 0.4) is 0 Å². The summed E-state index contributed by atoms with van der Waals surface area (Å²) in [5.41, 5.74) is 5.67. The summed E-state index contributed by atoms with van der Waals surface area (Å²) >= 11 is 0. The van der Waals surface area contributed by atoms with Crippen LogP contribution in [0, 0.1) is 0 Å². The van der Waals surface area contributed by atoms with Crippen molar-refractivity contribution in [1.82, 2.24) is 0 Å². The molecule has 4 N–H and O–H groups in total. The average molecular weight is 210 g/mol. The second kappa shape index (κ2) is 5.33. The first-order chi connectivity index (χ1) is 7.19. The van der Waals surface area contributed by atoms with Gasteiger partial charge in [0.15, 0.2) is 0 Å². The summed E-state index contributed by atoms with van der Waals surface area (Å²) in [5.74, 6) is -0.362. The number of nitrogens with two attached hydrogens (primary N) is 1. The molecule has 1 aromatic rings. The van der Waals surface area contributed by atoms with Crippen molar-refractivity contribution in [2.45, 2.75) is 6.10 Å². The Bertz CT molecular complexity index is 337. The third-order valence-electron chi connectivity index (χ3n) is 1.95. The number of phenols is 1. The summed E-state index contributed by atoms with van der Waals surface area (Å²) in [6, 6.07) is 6.46. The van der Waals surface area contributed by atoms with E-state index in [0.29, 0.717) is 5.69 Å². The second-order valence-corrected chi connectivity index (χ2v) is 2.97. The molecule has 5 heteroatoms. The summed E-state index contributed by atoms with van der Waals surface area (Å²) < 4.78 is 4.85. The fourth-order valence-electron chi connectivity index (χ4n) is 1.10. The lowest BCUT2D eigenvalue weighted by molar-refractivity contribution is -0.125. The number of benzene rings is 1. The van der Waals surface area contributed by atoms with Crippen molar-refractivity contribution in [3.05, 3.63) is 24.3 Å². The lowest BCUT2D eigenvalue weighted by atomic mass is 10.2. The van der Waals surface area contributed by atoms with Crippen LogP contribution in [0.1, 0.15) is 0 Å². The van der Waals surface area contributed by atoms with Gasteiger partial charge in [-0.15, -0.1) is 0 Å². The van der Waals surface area contributed by atoms with E-state index in [1.807, 2.05) is 0 Å². The Labute approximate surface area is 87.9 Å². The quantitative estimate of drug-likeness (QED) is 0.624. The number of nitrogens with one attached hydrogen (secondary N) is 1. The summed E-state index contributed by atoms with van der Waals surface area (Å²) in [6.07, 6.45) is -0.704. The van der Waals surface area contributed by atoms with Crippen LogP contribution in [0.5, 0.6) is 5.75 Å². The predicted molar refractivity (Wildman–Crippen MR) is 56.6 cm³/mol. The maximum Gasteiger partial charge on any atom is 0.254 e. The first kappa shape index (κ1) is 11.5. The molecule has 1 amide bonds. The van der Waals surface area contributed by atoms with Crippen molar-refractivity contribution in [1.29, 1.82) is 0 Å². The Morgan fingerprint density at radius 2 is 2.27 bits per heavy atom. The van der Waals surface area contributed by atoms with Crippen LogP contribution in [0.4, 0.5) is 5.69 Å². The Balaban J connectivity index is 2.70. The number of methoxy groups -OCH3 is 1. The number of para-hydroxylation sites is 2. The van der Waals surface area contributed by atoms with Crippen LogP contribution >= 0.6 is 0 Å². The third-order valence-corrected chi connectivity index (χ3v) is 1.95. The number of ether oxygens (including phenoxy) is 1. The number of carbonyl (C=O) groups excluding carboxylic acids is 1. The van der Waals surface area contributed by atoms with Gasteiger partial charge in [-0.05, 0) is 12.1 Å². The number of hydrogen-bond acceptors (Lipinski definition) is 4. The predicted octanol–water partition coefficient (Wildman–Crippen LogP) is 0.304. The highest BCUT2D eigenvalue weighted by atomic mass is 16.5. The molecule has 0 radical (unpaired) electrons. The van der Waals surface area contributed by atoms with Gasteiger partial charge in [0, 0.05) is 13.7 Å². The van der Waals surface area contributed by atoms with E-state index in [1.165, 1.54) is 13.2 Å². The number of hydrogen-bond donors (Lipinski definition) is 3. The van der Waals surface area contributed by atoms with Gasteiger partial charge in [-0.1, -0.05) is 12.1 Å². The molecule has 0 heterocycles. The van der Waals surface area contributed by atoms with Crippen LogP contribution in [0.2, 0.25) is 0 Å². The van der Waals surface area contributed by atoms with E-state index in [-0.39, 0.29) is 18.2 Å². The number of rotatable bonds is 4. The van der Waals surface area contributed by atoms with E-state index in [2.05, 4.69) is 5.32 Å². The van der Waals surface area contributed by atoms with E-state index >= 15 is 0 Å². The van der Waals surface area contributed by atoms with Crippen molar-refractivity contribution in [2.24, 2.45) is 5.73 Å². The molecule has 15 heavy (non-hydrogen) atoms. The van der Waals surface area contributed by atoms with Gasteiger partial charge >= 0.3 is 0 Å². The molecular weight excluding hydrogens is 196 g/mol. The van der Waals surface area contributed by atoms with Gasteiger partial charge < -0.3 is 20.9 Å². The second-order valence-electron chi connectivity index (χ2n) is 2.97. The fraction of sp³-hybridized carbons (Fsp3) is 0.300. The Hall–Kier alpha value is -1.59. The minimum absolute atomic E-state index is 0.0118. The maximum atomic E-state index is 11.5. The average Bonchev–Trinajstić information content (AvgIpc) is 2.23. The van der Waals surface area contributed by atoms with Crippen LogP contribution in [-0.2, 0) is 9.53 Å². The smallest absolute Gasteiger partial charge is 0.254 e. The minimum atomic E-state index is -0.704. The zero-order chi connectivity index (χ0) is 11.3. The highest BCUT2D eigenvalue weighted by molar-refractivity contribution is 5.95. The monoisotopic (exact) mass is 210 g/mol. The van der Waals surface area contributed by atoms with Crippen molar-refractivity contribution >= 4 is 11.6 Å². The Morgan fingerprint density at radius 1 is 1.60 bits per heavy atom. The number of carbonyl (C=O) groups is 1. The van der Waals surface area contributed by atoms with Gasteiger partial charge in [-0.25, -0.2) is 0 Å². The SMILES string of the molecule is COC(CN)C(=O)Nc1ccccc1O. The molecule has 1 atom stereocenters. The van der Waals surface area contributed by atoms with E-state index in [4.69, 9.17) is 10.5 Å². The molecule has 0 saturated carbocycles. The van der Waals surface area contributed by atoms with E-state index in [0.717, 1.165) is 0 Å². The van der Waals surface area contributed by atoms with Gasteiger partial charge in [0.2, 0.25) is 0 Å². The molecule has 0 saturated heterocycles. The van der Waals surface area contributed by atoms with Crippen molar-refractivity contribution in [3.8, 4) is 5.75 Å². The number of anilines is 1. The normalized spacial score (nSPS) is 12.1. The first-order valence-electron chi connectivity index (χ1n) is 4.50.